The van der Waals surface area contributed by atoms with Crippen LogP contribution in [-0.4, -0.2) is 22.9 Å². The first-order chi connectivity index (χ1) is 17.9. The first-order valence-corrected chi connectivity index (χ1v) is 13.2. The third-order valence-corrected chi connectivity index (χ3v) is 6.85. The summed E-state index contributed by atoms with van der Waals surface area (Å²) in [6.45, 7) is 14.5. The normalized spacial score (nSPS) is 17.5. The summed E-state index contributed by atoms with van der Waals surface area (Å²) < 4.78 is 5.80. The van der Waals surface area contributed by atoms with Crippen molar-refractivity contribution in [1.29, 1.82) is 0 Å². The zero-order valence-corrected chi connectivity index (χ0v) is 23.3. The van der Waals surface area contributed by atoms with Crippen LogP contribution < -0.4 is 9.64 Å². The number of aliphatic hydroxyl groups is 1. The molecule has 5 nitrogen and oxygen atoms in total. The molecule has 0 radical (unpaired) electrons. The minimum Gasteiger partial charge on any atom is -0.507 e. The summed E-state index contributed by atoms with van der Waals surface area (Å²) >= 11 is 0. The molecule has 5 heteroatoms. The number of carbonyl (C=O) groups is 2. The van der Waals surface area contributed by atoms with Crippen molar-refractivity contribution in [2.45, 2.75) is 71.9 Å². The van der Waals surface area contributed by atoms with E-state index in [1.165, 1.54) is 4.90 Å². The van der Waals surface area contributed by atoms with E-state index in [0.717, 1.165) is 16.7 Å². The first-order valence-electron chi connectivity index (χ1n) is 13.2. The molecule has 0 aliphatic carbocycles. The molecular formula is C33H37NO4. The minimum absolute atomic E-state index is 0.0480. The fourth-order valence-electron chi connectivity index (χ4n) is 4.74. The Morgan fingerprint density at radius 2 is 1.53 bits per heavy atom. The number of benzene rings is 3. The molecule has 1 aliphatic rings. The van der Waals surface area contributed by atoms with Crippen LogP contribution in [0, 0.1) is 0 Å². The zero-order chi connectivity index (χ0) is 27.8. The van der Waals surface area contributed by atoms with E-state index in [9.17, 15) is 14.7 Å². The number of carbonyl (C=O) groups excluding carboxylic acids is 2. The number of amides is 1. The van der Waals surface area contributed by atoms with Gasteiger partial charge in [-0.2, -0.15) is 0 Å². The maximum atomic E-state index is 13.5. The topological polar surface area (TPSA) is 66.8 Å². The molecule has 0 bridgehead atoms. The van der Waals surface area contributed by atoms with Crippen LogP contribution in [0.5, 0.6) is 5.75 Å². The van der Waals surface area contributed by atoms with Crippen LogP contribution in [0.25, 0.3) is 5.76 Å². The lowest BCUT2D eigenvalue weighted by molar-refractivity contribution is -0.132. The number of ether oxygens (including phenoxy) is 1. The third-order valence-electron chi connectivity index (χ3n) is 6.85. The van der Waals surface area contributed by atoms with Gasteiger partial charge in [-0.3, -0.25) is 14.5 Å². The Hall–Kier alpha value is -3.86. The molecule has 1 unspecified atom stereocenters. The number of hydrogen-bond donors (Lipinski definition) is 1. The van der Waals surface area contributed by atoms with Crippen LogP contribution >= 0.6 is 0 Å². The van der Waals surface area contributed by atoms with E-state index in [4.69, 9.17) is 4.74 Å². The summed E-state index contributed by atoms with van der Waals surface area (Å²) in [5, 5.41) is 11.5. The highest BCUT2D eigenvalue weighted by Crippen LogP contribution is 2.43. The monoisotopic (exact) mass is 511 g/mol. The van der Waals surface area contributed by atoms with Gasteiger partial charge in [-0.1, -0.05) is 83.1 Å². The molecule has 3 aromatic carbocycles. The quantitative estimate of drug-likeness (QED) is 0.211. The molecule has 198 valence electrons. The maximum absolute atomic E-state index is 13.5. The Kier molecular flexibility index (Phi) is 7.50. The third kappa shape index (κ3) is 5.38. The van der Waals surface area contributed by atoms with E-state index in [2.05, 4.69) is 34.6 Å². The number of nitrogens with zero attached hydrogens (tertiary/aromatic N) is 1. The van der Waals surface area contributed by atoms with Gasteiger partial charge in [-0.05, 0) is 66.1 Å². The maximum Gasteiger partial charge on any atom is 0.300 e. The number of ketones is 1. The van der Waals surface area contributed by atoms with Crippen molar-refractivity contribution in [3.05, 3.63) is 101 Å². The van der Waals surface area contributed by atoms with Gasteiger partial charge in [0.05, 0.1) is 17.7 Å². The summed E-state index contributed by atoms with van der Waals surface area (Å²) in [5.74, 6) is -0.684. The van der Waals surface area contributed by atoms with Crippen LogP contribution in [-0.2, 0) is 15.0 Å². The Morgan fingerprint density at radius 3 is 2.08 bits per heavy atom. The molecule has 1 saturated heterocycles. The number of Topliss-reactive ketones (excluding diaryl/α,β-unsaturated/α-hetero) is 1. The molecule has 1 heterocycles. The van der Waals surface area contributed by atoms with Crippen LogP contribution in [0.1, 0.15) is 82.7 Å². The lowest BCUT2D eigenvalue weighted by Gasteiger charge is -2.27. The van der Waals surface area contributed by atoms with Crippen molar-refractivity contribution in [2.24, 2.45) is 0 Å². The van der Waals surface area contributed by atoms with Gasteiger partial charge in [0.2, 0.25) is 0 Å². The smallest absolute Gasteiger partial charge is 0.300 e. The highest BCUT2D eigenvalue weighted by atomic mass is 16.5. The Labute approximate surface area is 225 Å². The molecule has 0 spiro atoms. The molecule has 4 rings (SSSR count). The molecule has 38 heavy (non-hydrogen) atoms. The van der Waals surface area contributed by atoms with Crippen molar-refractivity contribution >= 4 is 23.1 Å². The van der Waals surface area contributed by atoms with Crippen LogP contribution in [0.3, 0.4) is 0 Å². The lowest BCUT2D eigenvalue weighted by atomic mass is 9.85. The van der Waals surface area contributed by atoms with Crippen LogP contribution in [0.2, 0.25) is 0 Å². The van der Waals surface area contributed by atoms with Crippen molar-refractivity contribution in [2.75, 3.05) is 4.90 Å². The second-order valence-electron chi connectivity index (χ2n) is 11.5. The van der Waals surface area contributed by atoms with E-state index in [1.54, 1.807) is 24.3 Å². The van der Waals surface area contributed by atoms with Gasteiger partial charge < -0.3 is 9.84 Å². The summed E-state index contributed by atoms with van der Waals surface area (Å²) in [7, 11) is 0. The van der Waals surface area contributed by atoms with Crippen molar-refractivity contribution in [1.82, 2.24) is 0 Å². The second kappa shape index (κ2) is 10.5. The van der Waals surface area contributed by atoms with Crippen molar-refractivity contribution in [3.8, 4) is 5.75 Å². The average molecular weight is 512 g/mol. The fraction of sp³-hybridized carbons (Fsp3) is 0.333. The highest BCUT2D eigenvalue weighted by molar-refractivity contribution is 6.51. The molecule has 1 aliphatic heterocycles. The molecule has 1 amide bonds. The zero-order valence-electron chi connectivity index (χ0n) is 23.3. The Bertz CT molecular complexity index is 1360. The Morgan fingerprint density at radius 1 is 0.895 bits per heavy atom. The number of anilines is 1. The molecule has 1 fully saturated rings. The van der Waals surface area contributed by atoms with E-state index < -0.39 is 17.7 Å². The summed E-state index contributed by atoms with van der Waals surface area (Å²) in [6, 6.07) is 21.8. The van der Waals surface area contributed by atoms with Crippen molar-refractivity contribution < 1.29 is 19.4 Å². The SMILES string of the molecule is CC(C)Oc1cccc(/C(O)=C2/C(=O)C(=O)N(c3ccc(C(C)C)cc3)C2c2ccc(C(C)(C)C)cc2)c1. The number of hydrogen-bond acceptors (Lipinski definition) is 4. The molecule has 0 saturated carbocycles. The number of rotatable bonds is 6. The second-order valence-corrected chi connectivity index (χ2v) is 11.5. The summed E-state index contributed by atoms with van der Waals surface area (Å²) in [4.78, 5) is 28.5. The minimum atomic E-state index is -0.774. The predicted molar refractivity (Wildman–Crippen MR) is 153 cm³/mol. The molecule has 1 N–H and O–H groups in total. The standard InChI is InChI=1S/C33H37NO4/c1-20(2)22-13-17-26(18-14-22)34-29(23-11-15-25(16-12-23)33(5,6)7)28(31(36)32(34)37)30(35)24-9-8-10-27(19-24)38-21(3)4/h8-21,29,35H,1-7H3/b30-28-. The van der Waals surface area contributed by atoms with E-state index in [-0.39, 0.29) is 22.9 Å². The van der Waals surface area contributed by atoms with Gasteiger partial charge in [0, 0.05) is 11.3 Å². The lowest BCUT2D eigenvalue weighted by Crippen LogP contribution is -2.29. The average Bonchev–Trinajstić information content (AvgIpc) is 3.13. The van der Waals surface area contributed by atoms with Gasteiger partial charge in [0.25, 0.3) is 11.7 Å². The van der Waals surface area contributed by atoms with E-state index in [0.29, 0.717) is 22.9 Å². The summed E-state index contributed by atoms with van der Waals surface area (Å²) in [5.41, 5.74) is 4.07. The van der Waals surface area contributed by atoms with E-state index in [1.807, 2.05) is 62.4 Å². The van der Waals surface area contributed by atoms with Crippen molar-refractivity contribution in [3.63, 3.8) is 0 Å². The molecule has 0 aromatic heterocycles. The van der Waals surface area contributed by atoms with E-state index >= 15 is 0 Å². The molecule has 3 aromatic rings. The van der Waals surface area contributed by atoms with Gasteiger partial charge in [-0.15, -0.1) is 0 Å². The van der Waals surface area contributed by atoms with Gasteiger partial charge in [-0.25, -0.2) is 0 Å². The predicted octanol–water partition coefficient (Wildman–Crippen LogP) is 7.52. The van der Waals surface area contributed by atoms with Gasteiger partial charge >= 0.3 is 0 Å². The van der Waals surface area contributed by atoms with Gasteiger partial charge in [0.1, 0.15) is 11.5 Å². The van der Waals surface area contributed by atoms with Gasteiger partial charge in [0.15, 0.2) is 0 Å². The van der Waals surface area contributed by atoms with Crippen LogP contribution in [0.4, 0.5) is 5.69 Å². The fourth-order valence-corrected chi connectivity index (χ4v) is 4.74. The van der Waals surface area contributed by atoms with Crippen LogP contribution in [0.15, 0.2) is 78.4 Å². The Balaban J connectivity index is 1.89. The molecular weight excluding hydrogens is 474 g/mol. The summed E-state index contributed by atoms with van der Waals surface area (Å²) in [6.07, 6.45) is -0.0480. The highest BCUT2D eigenvalue weighted by Gasteiger charge is 2.47. The molecule has 1 atom stereocenters. The first kappa shape index (κ1) is 27.2. The number of aliphatic hydroxyl groups excluding tert-OH is 1. The largest absolute Gasteiger partial charge is 0.507 e.